The molecule has 0 saturated carbocycles. The molecule has 2 heterocycles. The van der Waals surface area contributed by atoms with Gasteiger partial charge in [-0.1, -0.05) is 12.1 Å². The van der Waals surface area contributed by atoms with Crippen LogP contribution in [0, 0.1) is 6.92 Å². The fourth-order valence-electron chi connectivity index (χ4n) is 3.07. The zero-order valence-corrected chi connectivity index (χ0v) is 19.2. The van der Waals surface area contributed by atoms with Crippen LogP contribution in [-0.4, -0.2) is 20.9 Å². The van der Waals surface area contributed by atoms with E-state index < -0.39 is 17.6 Å². The molecule has 1 amide bonds. The number of hydrogen-bond donors (Lipinski definition) is 1. The summed E-state index contributed by atoms with van der Waals surface area (Å²) in [4.78, 5) is 25.2. The van der Waals surface area contributed by atoms with Crippen LogP contribution in [0.25, 0.3) is 11.3 Å². The Hall–Kier alpha value is -3.79. The number of alkyl halides is 3. The molecule has 0 fully saturated rings. The SMILES string of the molecule is Cc1ccc(C(=O)Nc2cccc(C(F)(F)F)c2)cc1Oc1ncc(Br)cc1-c1ccncn1. The second-order valence-corrected chi connectivity index (χ2v) is 8.13. The van der Waals surface area contributed by atoms with E-state index in [4.69, 9.17) is 4.74 Å². The maximum Gasteiger partial charge on any atom is 0.416 e. The van der Waals surface area contributed by atoms with Gasteiger partial charge in [0.1, 0.15) is 12.1 Å². The van der Waals surface area contributed by atoms with Crippen molar-refractivity contribution in [3.63, 3.8) is 0 Å². The van der Waals surface area contributed by atoms with Crippen LogP contribution in [-0.2, 0) is 6.18 Å². The van der Waals surface area contributed by atoms with Crippen molar-refractivity contribution in [3.05, 3.63) is 94.5 Å². The number of nitrogens with one attached hydrogen (secondary N) is 1. The number of hydrogen-bond acceptors (Lipinski definition) is 5. The number of halogens is 4. The lowest BCUT2D eigenvalue weighted by atomic mass is 10.1. The van der Waals surface area contributed by atoms with Gasteiger partial charge in [-0.15, -0.1) is 0 Å². The number of carbonyl (C=O) groups is 1. The number of aromatic nitrogens is 3. The highest BCUT2D eigenvalue weighted by Gasteiger charge is 2.30. The normalized spacial score (nSPS) is 11.2. The molecule has 172 valence electrons. The summed E-state index contributed by atoms with van der Waals surface area (Å²) in [5.41, 5.74) is 1.32. The van der Waals surface area contributed by atoms with Gasteiger partial charge in [-0.3, -0.25) is 4.79 Å². The van der Waals surface area contributed by atoms with E-state index in [1.165, 1.54) is 24.5 Å². The van der Waals surface area contributed by atoms with E-state index >= 15 is 0 Å². The minimum absolute atomic E-state index is 0.0310. The Morgan fingerprint density at radius 2 is 1.88 bits per heavy atom. The number of nitrogens with zero attached hydrogens (tertiary/aromatic N) is 3. The van der Waals surface area contributed by atoms with Gasteiger partial charge in [0.2, 0.25) is 5.88 Å². The van der Waals surface area contributed by atoms with Gasteiger partial charge in [-0.25, -0.2) is 15.0 Å². The average Bonchev–Trinajstić information content (AvgIpc) is 2.81. The minimum Gasteiger partial charge on any atom is -0.438 e. The van der Waals surface area contributed by atoms with Crippen molar-refractivity contribution < 1.29 is 22.7 Å². The molecule has 6 nitrogen and oxygen atoms in total. The summed E-state index contributed by atoms with van der Waals surface area (Å²) in [6.45, 7) is 1.80. The number of pyridine rings is 1. The number of amides is 1. The van der Waals surface area contributed by atoms with E-state index in [-0.39, 0.29) is 17.1 Å². The molecular weight excluding hydrogens is 513 g/mol. The van der Waals surface area contributed by atoms with Crippen LogP contribution in [0.2, 0.25) is 0 Å². The summed E-state index contributed by atoms with van der Waals surface area (Å²) in [6.07, 6.45) is 0.0607. The van der Waals surface area contributed by atoms with Crippen LogP contribution in [0.5, 0.6) is 11.6 Å². The highest BCUT2D eigenvalue weighted by Crippen LogP contribution is 2.34. The first-order chi connectivity index (χ1) is 16.2. The summed E-state index contributed by atoms with van der Waals surface area (Å²) in [6, 6.07) is 12.7. The minimum atomic E-state index is -4.51. The van der Waals surface area contributed by atoms with E-state index in [9.17, 15) is 18.0 Å². The predicted octanol–water partition coefficient (Wildman–Crippen LogP) is 6.67. The lowest BCUT2D eigenvalue weighted by Crippen LogP contribution is -2.13. The number of aryl methyl sites for hydroxylation is 1. The van der Waals surface area contributed by atoms with Gasteiger partial charge in [0, 0.05) is 28.1 Å². The van der Waals surface area contributed by atoms with Gasteiger partial charge in [0.25, 0.3) is 5.91 Å². The van der Waals surface area contributed by atoms with Crippen molar-refractivity contribution >= 4 is 27.5 Å². The van der Waals surface area contributed by atoms with E-state index in [2.05, 4.69) is 36.2 Å². The molecule has 0 radical (unpaired) electrons. The number of benzene rings is 2. The average molecular weight is 529 g/mol. The van der Waals surface area contributed by atoms with E-state index in [0.717, 1.165) is 22.2 Å². The van der Waals surface area contributed by atoms with Crippen LogP contribution in [0.3, 0.4) is 0 Å². The van der Waals surface area contributed by atoms with Gasteiger partial charge >= 0.3 is 6.18 Å². The summed E-state index contributed by atoms with van der Waals surface area (Å²) >= 11 is 3.39. The topological polar surface area (TPSA) is 77.0 Å². The molecule has 0 bridgehead atoms. The number of carbonyl (C=O) groups excluding carboxylic acids is 1. The second kappa shape index (κ2) is 9.60. The molecule has 2 aromatic carbocycles. The Morgan fingerprint density at radius 3 is 2.62 bits per heavy atom. The first-order valence-corrected chi connectivity index (χ1v) is 10.7. The highest BCUT2D eigenvalue weighted by atomic mass is 79.9. The summed E-state index contributed by atoms with van der Waals surface area (Å²) in [5, 5.41) is 2.49. The molecule has 34 heavy (non-hydrogen) atoms. The first kappa shape index (κ1) is 23.4. The quantitative estimate of drug-likeness (QED) is 0.313. The van der Waals surface area contributed by atoms with Crippen molar-refractivity contribution in [2.45, 2.75) is 13.1 Å². The fourth-order valence-corrected chi connectivity index (χ4v) is 3.40. The highest BCUT2D eigenvalue weighted by molar-refractivity contribution is 9.10. The second-order valence-electron chi connectivity index (χ2n) is 7.22. The molecule has 0 aliphatic carbocycles. The summed E-state index contributed by atoms with van der Waals surface area (Å²) in [7, 11) is 0. The monoisotopic (exact) mass is 528 g/mol. The predicted molar refractivity (Wildman–Crippen MR) is 124 cm³/mol. The third kappa shape index (κ3) is 5.40. The third-order valence-corrected chi connectivity index (χ3v) is 5.21. The van der Waals surface area contributed by atoms with E-state index in [1.54, 1.807) is 43.6 Å². The Balaban J connectivity index is 1.61. The Morgan fingerprint density at radius 1 is 1.06 bits per heavy atom. The fraction of sp³-hybridized carbons (Fsp3) is 0.0833. The standard InChI is InChI=1S/C24H16BrF3N4O2/c1-14-5-6-15(22(33)32-18-4-2-3-16(10-18)24(26,27)28)9-21(14)34-23-19(11-17(25)12-30-23)20-7-8-29-13-31-20/h2-13H,1H3,(H,32,33). The van der Waals surface area contributed by atoms with Crippen LogP contribution in [0.15, 0.2) is 77.8 Å². The summed E-state index contributed by atoms with van der Waals surface area (Å²) in [5.74, 6) is 0.0474. The van der Waals surface area contributed by atoms with Crippen LogP contribution >= 0.6 is 15.9 Å². The molecule has 0 aliphatic heterocycles. The number of ether oxygens (including phenoxy) is 1. The van der Waals surface area contributed by atoms with Gasteiger partial charge in [0.15, 0.2) is 0 Å². The van der Waals surface area contributed by atoms with Crippen LogP contribution in [0.4, 0.5) is 18.9 Å². The van der Waals surface area contributed by atoms with Crippen molar-refractivity contribution in [1.29, 1.82) is 0 Å². The van der Waals surface area contributed by atoms with Gasteiger partial charge < -0.3 is 10.1 Å². The lowest BCUT2D eigenvalue weighted by molar-refractivity contribution is -0.137. The molecule has 0 unspecified atom stereocenters. The van der Waals surface area contributed by atoms with E-state index in [0.29, 0.717) is 17.0 Å². The lowest BCUT2D eigenvalue weighted by Gasteiger charge is -2.14. The molecule has 1 N–H and O–H groups in total. The molecular formula is C24H16BrF3N4O2. The van der Waals surface area contributed by atoms with Gasteiger partial charge in [-0.2, -0.15) is 13.2 Å². The van der Waals surface area contributed by atoms with Crippen molar-refractivity contribution in [1.82, 2.24) is 15.0 Å². The molecule has 0 spiro atoms. The maximum absolute atomic E-state index is 13.0. The zero-order valence-electron chi connectivity index (χ0n) is 17.6. The molecule has 4 rings (SSSR count). The molecule has 2 aromatic heterocycles. The van der Waals surface area contributed by atoms with Crippen molar-refractivity contribution in [2.24, 2.45) is 0 Å². The molecule has 10 heteroatoms. The molecule has 0 saturated heterocycles. The van der Waals surface area contributed by atoms with Gasteiger partial charge in [-0.05, 0) is 70.9 Å². The number of rotatable bonds is 5. The largest absolute Gasteiger partial charge is 0.438 e. The van der Waals surface area contributed by atoms with E-state index in [1.807, 2.05) is 0 Å². The van der Waals surface area contributed by atoms with Crippen LogP contribution in [0.1, 0.15) is 21.5 Å². The summed E-state index contributed by atoms with van der Waals surface area (Å²) < 4.78 is 45.7. The first-order valence-electron chi connectivity index (χ1n) is 9.90. The Labute approximate surface area is 201 Å². The maximum atomic E-state index is 13.0. The molecule has 4 aromatic rings. The zero-order chi connectivity index (χ0) is 24.3. The smallest absolute Gasteiger partial charge is 0.416 e. The van der Waals surface area contributed by atoms with Crippen molar-refractivity contribution in [3.8, 4) is 22.9 Å². The van der Waals surface area contributed by atoms with Crippen molar-refractivity contribution in [2.75, 3.05) is 5.32 Å². The van der Waals surface area contributed by atoms with Crippen LogP contribution < -0.4 is 10.1 Å². The Bertz CT molecular complexity index is 1350. The number of anilines is 1. The Kier molecular flexibility index (Phi) is 6.60. The third-order valence-electron chi connectivity index (χ3n) is 4.78. The van der Waals surface area contributed by atoms with Gasteiger partial charge in [0.05, 0.1) is 16.8 Å². The molecule has 0 atom stereocenters. The molecule has 0 aliphatic rings.